The van der Waals surface area contributed by atoms with Gasteiger partial charge in [0.2, 0.25) is 11.2 Å². The van der Waals surface area contributed by atoms with Crippen LogP contribution in [-0.2, 0) is 0 Å². The van der Waals surface area contributed by atoms with E-state index in [1.54, 1.807) is 24.3 Å². The first-order valence-corrected chi connectivity index (χ1v) is 5.22. The number of hydrogen-bond donors (Lipinski definition) is 1. The maximum Gasteiger partial charge on any atom is 0.433 e. The van der Waals surface area contributed by atoms with E-state index in [2.05, 4.69) is 4.98 Å². The van der Waals surface area contributed by atoms with Gasteiger partial charge in [-0.1, -0.05) is 48.5 Å². The summed E-state index contributed by atoms with van der Waals surface area (Å²) in [5.41, 5.74) is 1.44. The molecule has 0 spiro atoms. The zero-order valence-corrected chi connectivity index (χ0v) is 9.12. The van der Waals surface area contributed by atoms with Crippen molar-refractivity contribution >= 4 is 11.5 Å². The molecule has 3 heteroatoms. The molecule has 0 unspecified atom stereocenters. The van der Waals surface area contributed by atoms with E-state index < -0.39 is 0 Å². The molecule has 2 rings (SSSR count). The summed E-state index contributed by atoms with van der Waals surface area (Å²) < 4.78 is 0. The maximum atomic E-state index is 10.1. The lowest BCUT2D eigenvalue weighted by molar-refractivity contribution is 0.514. The van der Waals surface area contributed by atoms with E-state index in [0.29, 0.717) is 11.1 Å². The highest BCUT2D eigenvalue weighted by Gasteiger charge is 2.22. The molecule has 2 aromatic rings. The average Bonchev–Trinajstić information content (AvgIpc) is 2.42. The third kappa shape index (κ3) is 2.32. The van der Waals surface area contributed by atoms with E-state index in [1.165, 1.54) is 0 Å². The maximum absolute atomic E-state index is 10.1. The minimum absolute atomic E-state index is 0.0423. The van der Waals surface area contributed by atoms with E-state index in [9.17, 15) is 5.11 Å². The highest BCUT2D eigenvalue weighted by atomic mass is 16.3. The fourth-order valence-electron chi connectivity index (χ4n) is 1.57. The van der Waals surface area contributed by atoms with Gasteiger partial charge in [0.15, 0.2) is 4.98 Å². The fourth-order valence-corrected chi connectivity index (χ4v) is 1.57. The molecular formula is C14H11N2O+. The molecule has 0 aliphatic carbocycles. The van der Waals surface area contributed by atoms with Crippen LogP contribution in [0.25, 0.3) is 16.4 Å². The summed E-state index contributed by atoms with van der Waals surface area (Å²) in [4.78, 5) is 3.16. The van der Waals surface area contributed by atoms with Gasteiger partial charge in [-0.25, -0.2) is 0 Å². The van der Waals surface area contributed by atoms with Crippen molar-refractivity contribution in [1.29, 1.82) is 5.39 Å². The Hall–Kier alpha value is -2.60. The quantitative estimate of drug-likeness (QED) is 0.476. The zero-order valence-electron chi connectivity index (χ0n) is 9.12. The van der Waals surface area contributed by atoms with Gasteiger partial charge in [0.1, 0.15) is 0 Å². The lowest BCUT2D eigenvalue weighted by Crippen LogP contribution is -1.88. The van der Waals surface area contributed by atoms with E-state index in [4.69, 9.17) is 5.39 Å². The molecule has 17 heavy (non-hydrogen) atoms. The number of diazo groups is 1. The first kappa shape index (κ1) is 10.9. The van der Waals surface area contributed by atoms with Crippen LogP contribution in [0.1, 0.15) is 11.1 Å². The van der Waals surface area contributed by atoms with Crippen molar-refractivity contribution in [2.45, 2.75) is 0 Å². The predicted octanol–water partition coefficient (Wildman–Crippen LogP) is 3.92. The van der Waals surface area contributed by atoms with Gasteiger partial charge in [0.05, 0.1) is 5.56 Å². The zero-order chi connectivity index (χ0) is 12.1. The lowest BCUT2D eigenvalue weighted by atomic mass is 10.1. The van der Waals surface area contributed by atoms with Crippen LogP contribution >= 0.6 is 0 Å². The van der Waals surface area contributed by atoms with E-state index >= 15 is 0 Å². The second-order valence-corrected chi connectivity index (χ2v) is 3.53. The van der Waals surface area contributed by atoms with Gasteiger partial charge in [-0.2, -0.15) is 0 Å². The van der Waals surface area contributed by atoms with E-state index in [1.807, 2.05) is 36.4 Å². The third-order valence-corrected chi connectivity index (χ3v) is 2.42. The first-order chi connectivity index (χ1) is 8.33. The standard InChI is InChI=1S/C14H10N2O/c15-16-13(11-7-3-1-4-8-11)14(17)12-9-5-2-6-10-12/h1-10H/p+1. The van der Waals surface area contributed by atoms with Gasteiger partial charge < -0.3 is 5.11 Å². The summed E-state index contributed by atoms with van der Waals surface area (Å²) in [7, 11) is 0. The molecule has 1 N–H and O–H groups in total. The molecule has 0 saturated heterocycles. The van der Waals surface area contributed by atoms with Crippen molar-refractivity contribution in [2.24, 2.45) is 0 Å². The molecule has 0 heterocycles. The van der Waals surface area contributed by atoms with Crippen molar-refractivity contribution < 1.29 is 5.11 Å². The second kappa shape index (κ2) is 4.95. The van der Waals surface area contributed by atoms with Crippen LogP contribution in [0.3, 0.4) is 0 Å². The van der Waals surface area contributed by atoms with Gasteiger partial charge in [0.25, 0.3) is 0 Å². The molecule has 0 fully saturated rings. The minimum atomic E-state index is -0.0423. The summed E-state index contributed by atoms with van der Waals surface area (Å²) in [6.07, 6.45) is 0. The van der Waals surface area contributed by atoms with Crippen molar-refractivity contribution in [1.82, 2.24) is 0 Å². The van der Waals surface area contributed by atoms with Gasteiger partial charge in [0, 0.05) is 5.56 Å². The summed E-state index contributed by atoms with van der Waals surface area (Å²) in [5.74, 6) is -0.0423. The van der Waals surface area contributed by atoms with E-state index in [0.717, 1.165) is 0 Å². The topological polar surface area (TPSA) is 48.4 Å². The van der Waals surface area contributed by atoms with Gasteiger partial charge >= 0.3 is 5.70 Å². The van der Waals surface area contributed by atoms with E-state index in [-0.39, 0.29) is 11.5 Å². The van der Waals surface area contributed by atoms with Crippen LogP contribution in [0.5, 0.6) is 0 Å². The molecular weight excluding hydrogens is 212 g/mol. The summed E-state index contributed by atoms with van der Waals surface area (Å²) in [5, 5.41) is 19.1. The van der Waals surface area contributed by atoms with Crippen LogP contribution in [0.15, 0.2) is 60.7 Å². The number of benzene rings is 2. The Labute approximate surface area is 99.3 Å². The van der Waals surface area contributed by atoms with Gasteiger partial charge in [-0.15, -0.1) is 0 Å². The first-order valence-electron chi connectivity index (χ1n) is 5.22. The van der Waals surface area contributed by atoms with Crippen molar-refractivity contribution in [3.05, 3.63) is 76.8 Å². The molecule has 0 aromatic heterocycles. The SMILES string of the molecule is N#[N+]C(=C(O)c1ccccc1)c1ccccc1. The molecule has 0 atom stereocenters. The Balaban J connectivity index is 2.53. The Morgan fingerprint density at radius 3 is 1.76 bits per heavy atom. The number of hydrogen-bond acceptors (Lipinski definition) is 2. The molecule has 2 aromatic carbocycles. The third-order valence-electron chi connectivity index (χ3n) is 2.42. The summed E-state index contributed by atoms with van der Waals surface area (Å²) in [6.45, 7) is 0. The predicted molar refractivity (Wildman–Crippen MR) is 67.4 cm³/mol. The minimum Gasteiger partial charge on any atom is -0.501 e. The van der Waals surface area contributed by atoms with Crippen molar-refractivity contribution in [3.63, 3.8) is 0 Å². The summed E-state index contributed by atoms with van der Waals surface area (Å²) in [6, 6.07) is 18.0. The molecule has 0 aliphatic heterocycles. The molecule has 0 radical (unpaired) electrons. The Morgan fingerprint density at radius 1 is 0.824 bits per heavy atom. The Bertz CT molecular complexity index is 568. The number of rotatable bonds is 2. The number of aliphatic hydroxyl groups is 1. The Kier molecular flexibility index (Phi) is 3.18. The normalized spacial score (nSPS) is 11.5. The van der Waals surface area contributed by atoms with Crippen LogP contribution in [0.4, 0.5) is 0 Å². The molecule has 3 nitrogen and oxygen atoms in total. The molecule has 0 bridgehead atoms. The monoisotopic (exact) mass is 223 g/mol. The van der Waals surface area contributed by atoms with Crippen LogP contribution < -0.4 is 0 Å². The largest absolute Gasteiger partial charge is 0.501 e. The van der Waals surface area contributed by atoms with Crippen molar-refractivity contribution in [3.8, 4) is 0 Å². The summed E-state index contributed by atoms with van der Waals surface area (Å²) >= 11 is 0. The number of aliphatic hydroxyl groups excluding tert-OH is 1. The number of nitrogens with zero attached hydrogens (tertiary/aromatic N) is 2. The van der Waals surface area contributed by atoms with Crippen molar-refractivity contribution in [2.75, 3.05) is 0 Å². The highest BCUT2D eigenvalue weighted by molar-refractivity contribution is 5.89. The highest BCUT2D eigenvalue weighted by Crippen LogP contribution is 2.25. The molecule has 0 amide bonds. The van der Waals surface area contributed by atoms with Crippen LogP contribution in [0, 0.1) is 5.39 Å². The second-order valence-electron chi connectivity index (χ2n) is 3.53. The average molecular weight is 223 g/mol. The van der Waals surface area contributed by atoms with Crippen LogP contribution in [0.2, 0.25) is 0 Å². The van der Waals surface area contributed by atoms with Gasteiger partial charge in [-0.05, 0) is 12.1 Å². The molecule has 0 saturated carbocycles. The van der Waals surface area contributed by atoms with Gasteiger partial charge in [-0.3, -0.25) is 0 Å². The molecule has 82 valence electrons. The Morgan fingerprint density at radius 2 is 1.29 bits per heavy atom. The lowest BCUT2D eigenvalue weighted by Gasteiger charge is -1.97. The molecule has 0 aliphatic rings. The van der Waals surface area contributed by atoms with Crippen LogP contribution in [-0.4, -0.2) is 5.11 Å². The smallest absolute Gasteiger partial charge is 0.433 e. The fraction of sp³-hybridized carbons (Fsp3) is 0.